The standard InChI is InChI=1S/C6H7Cl2N3S/c1-9-5-3(7)4(8)10-6(11-5)12-2/h1-2H3,(H,9,10,11). The normalized spacial score (nSPS) is 10.0. The lowest BCUT2D eigenvalue weighted by molar-refractivity contribution is 0.973. The second-order valence-electron chi connectivity index (χ2n) is 1.91. The summed E-state index contributed by atoms with van der Waals surface area (Å²) in [7, 11) is 1.73. The van der Waals surface area contributed by atoms with Gasteiger partial charge in [-0.3, -0.25) is 0 Å². The Balaban J connectivity index is 3.19. The number of hydrogen-bond acceptors (Lipinski definition) is 4. The molecule has 0 aromatic carbocycles. The number of anilines is 1. The first-order chi connectivity index (χ1) is 5.69. The van der Waals surface area contributed by atoms with E-state index < -0.39 is 0 Å². The quantitative estimate of drug-likeness (QED) is 0.476. The number of nitrogens with zero attached hydrogens (tertiary/aromatic N) is 2. The van der Waals surface area contributed by atoms with Crippen LogP contribution in [0.1, 0.15) is 0 Å². The first kappa shape index (κ1) is 9.89. The van der Waals surface area contributed by atoms with Crippen molar-refractivity contribution in [2.75, 3.05) is 18.6 Å². The molecule has 0 amide bonds. The van der Waals surface area contributed by atoms with Gasteiger partial charge in [-0.05, 0) is 6.26 Å². The Morgan fingerprint density at radius 2 is 2.00 bits per heavy atom. The maximum absolute atomic E-state index is 5.79. The molecule has 1 aromatic rings. The Hall–Kier alpha value is -0.190. The maximum Gasteiger partial charge on any atom is 0.190 e. The number of rotatable bonds is 2. The van der Waals surface area contributed by atoms with E-state index >= 15 is 0 Å². The van der Waals surface area contributed by atoms with Crippen molar-refractivity contribution in [2.24, 2.45) is 0 Å². The molecule has 6 heteroatoms. The van der Waals surface area contributed by atoms with Crippen LogP contribution in [0.25, 0.3) is 0 Å². The number of halogens is 2. The first-order valence-corrected chi connectivity index (χ1v) is 5.12. The molecule has 12 heavy (non-hydrogen) atoms. The van der Waals surface area contributed by atoms with E-state index in [1.165, 1.54) is 11.8 Å². The van der Waals surface area contributed by atoms with Gasteiger partial charge >= 0.3 is 0 Å². The molecule has 0 unspecified atom stereocenters. The summed E-state index contributed by atoms with van der Waals surface area (Å²) in [5.74, 6) is 0.556. The Labute approximate surface area is 84.9 Å². The van der Waals surface area contributed by atoms with Gasteiger partial charge in [-0.25, -0.2) is 9.97 Å². The third kappa shape index (κ3) is 1.94. The predicted molar refractivity (Wildman–Crippen MR) is 53.4 cm³/mol. The molecule has 0 bridgehead atoms. The monoisotopic (exact) mass is 223 g/mol. The molecule has 0 spiro atoms. The first-order valence-electron chi connectivity index (χ1n) is 3.13. The van der Waals surface area contributed by atoms with E-state index in [0.29, 0.717) is 16.0 Å². The van der Waals surface area contributed by atoms with Gasteiger partial charge in [-0.15, -0.1) is 0 Å². The van der Waals surface area contributed by atoms with Crippen molar-refractivity contribution in [3.8, 4) is 0 Å². The third-order valence-electron chi connectivity index (χ3n) is 1.21. The molecule has 1 heterocycles. The van der Waals surface area contributed by atoms with Crippen molar-refractivity contribution in [2.45, 2.75) is 5.16 Å². The van der Waals surface area contributed by atoms with Gasteiger partial charge in [0.2, 0.25) is 0 Å². The summed E-state index contributed by atoms with van der Waals surface area (Å²) in [4.78, 5) is 8.04. The third-order valence-corrected chi connectivity index (χ3v) is 2.49. The highest BCUT2D eigenvalue weighted by molar-refractivity contribution is 7.98. The highest BCUT2D eigenvalue weighted by Crippen LogP contribution is 2.28. The van der Waals surface area contributed by atoms with Crippen LogP contribution in [0, 0.1) is 0 Å². The second-order valence-corrected chi connectivity index (χ2v) is 3.42. The van der Waals surface area contributed by atoms with Gasteiger partial charge in [0.25, 0.3) is 0 Å². The lowest BCUT2D eigenvalue weighted by atomic mass is 10.6. The number of thioether (sulfide) groups is 1. The summed E-state index contributed by atoms with van der Waals surface area (Å²) in [6, 6.07) is 0. The van der Waals surface area contributed by atoms with Crippen LogP contribution in [0.5, 0.6) is 0 Å². The van der Waals surface area contributed by atoms with Crippen molar-refractivity contribution in [3.05, 3.63) is 10.2 Å². The number of aromatic nitrogens is 2. The van der Waals surface area contributed by atoms with E-state index in [4.69, 9.17) is 23.2 Å². The van der Waals surface area contributed by atoms with E-state index in [0.717, 1.165) is 0 Å². The molecular weight excluding hydrogens is 217 g/mol. The molecule has 0 fully saturated rings. The number of hydrogen-bond donors (Lipinski definition) is 1. The lowest BCUT2D eigenvalue weighted by Crippen LogP contribution is -1.97. The molecule has 1 rings (SSSR count). The fourth-order valence-corrected chi connectivity index (χ4v) is 1.42. The minimum Gasteiger partial charge on any atom is -0.372 e. The molecule has 66 valence electrons. The summed E-state index contributed by atoms with van der Waals surface area (Å²) in [6.45, 7) is 0. The van der Waals surface area contributed by atoms with E-state index in [-0.39, 0.29) is 5.15 Å². The molecule has 0 radical (unpaired) electrons. The zero-order valence-corrected chi connectivity index (χ0v) is 8.89. The average molecular weight is 224 g/mol. The van der Waals surface area contributed by atoms with Gasteiger partial charge in [0.05, 0.1) is 0 Å². The molecule has 1 N–H and O–H groups in total. The van der Waals surface area contributed by atoms with Crippen LogP contribution in [-0.4, -0.2) is 23.3 Å². The predicted octanol–water partition coefficient (Wildman–Crippen LogP) is 2.55. The molecule has 0 aliphatic rings. The minimum atomic E-state index is 0.278. The Morgan fingerprint density at radius 3 is 2.50 bits per heavy atom. The molecule has 0 atom stereocenters. The summed E-state index contributed by atoms with van der Waals surface area (Å²) < 4.78 is 0. The van der Waals surface area contributed by atoms with Gasteiger partial charge in [0.15, 0.2) is 16.1 Å². The molecule has 0 saturated carbocycles. The van der Waals surface area contributed by atoms with Crippen LogP contribution >= 0.6 is 35.0 Å². The largest absolute Gasteiger partial charge is 0.372 e. The van der Waals surface area contributed by atoms with Gasteiger partial charge in [-0.1, -0.05) is 35.0 Å². The Bertz CT molecular complexity index is 292. The lowest BCUT2D eigenvalue weighted by Gasteiger charge is -2.04. The molecule has 0 aliphatic heterocycles. The summed E-state index contributed by atoms with van der Waals surface area (Å²) >= 11 is 12.9. The summed E-state index contributed by atoms with van der Waals surface area (Å²) in [5.41, 5.74) is 0. The van der Waals surface area contributed by atoms with E-state index in [1.807, 2.05) is 6.26 Å². The molecule has 0 saturated heterocycles. The van der Waals surface area contributed by atoms with Crippen molar-refractivity contribution < 1.29 is 0 Å². The van der Waals surface area contributed by atoms with Crippen molar-refractivity contribution >= 4 is 40.8 Å². The SMILES string of the molecule is CNc1nc(SC)nc(Cl)c1Cl. The van der Waals surface area contributed by atoms with Crippen LogP contribution in [0.15, 0.2) is 5.16 Å². The second kappa shape index (κ2) is 4.16. The molecule has 0 aliphatic carbocycles. The zero-order chi connectivity index (χ0) is 9.14. The van der Waals surface area contributed by atoms with Gasteiger partial charge in [-0.2, -0.15) is 0 Å². The van der Waals surface area contributed by atoms with Crippen LogP contribution < -0.4 is 5.32 Å². The molecule has 1 aromatic heterocycles. The van der Waals surface area contributed by atoms with Gasteiger partial charge < -0.3 is 5.32 Å². The fourth-order valence-electron chi connectivity index (χ4n) is 0.657. The zero-order valence-electron chi connectivity index (χ0n) is 6.56. The van der Waals surface area contributed by atoms with Crippen molar-refractivity contribution in [3.63, 3.8) is 0 Å². The van der Waals surface area contributed by atoms with Crippen LogP contribution in [-0.2, 0) is 0 Å². The average Bonchev–Trinajstić information content (AvgIpc) is 2.09. The van der Waals surface area contributed by atoms with E-state index in [9.17, 15) is 0 Å². The van der Waals surface area contributed by atoms with Gasteiger partial charge in [0, 0.05) is 7.05 Å². The van der Waals surface area contributed by atoms with Crippen molar-refractivity contribution in [1.82, 2.24) is 9.97 Å². The van der Waals surface area contributed by atoms with Crippen LogP contribution in [0.3, 0.4) is 0 Å². The topological polar surface area (TPSA) is 37.8 Å². The van der Waals surface area contributed by atoms with E-state index in [1.54, 1.807) is 7.05 Å². The summed E-state index contributed by atoms with van der Waals surface area (Å²) in [5, 5.41) is 4.07. The van der Waals surface area contributed by atoms with Crippen molar-refractivity contribution in [1.29, 1.82) is 0 Å². The van der Waals surface area contributed by atoms with E-state index in [2.05, 4.69) is 15.3 Å². The van der Waals surface area contributed by atoms with Crippen LogP contribution in [0.2, 0.25) is 10.2 Å². The minimum absolute atomic E-state index is 0.278. The van der Waals surface area contributed by atoms with Gasteiger partial charge in [0.1, 0.15) is 5.02 Å². The summed E-state index contributed by atoms with van der Waals surface area (Å²) in [6.07, 6.45) is 1.87. The fraction of sp³-hybridized carbons (Fsp3) is 0.333. The van der Waals surface area contributed by atoms with Crippen LogP contribution in [0.4, 0.5) is 5.82 Å². The Morgan fingerprint density at radius 1 is 1.33 bits per heavy atom. The smallest absolute Gasteiger partial charge is 0.190 e. The molecular formula is C6H7Cl2N3S. The highest BCUT2D eigenvalue weighted by Gasteiger charge is 2.08. The maximum atomic E-state index is 5.79. The number of nitrogens with one attached hydrogen (secondary N) is 1. The molecule has 3 nitrogen and oxygen atoms in total. The highest BCUT2D eigenvalue weighted by atomic mass is 35.5. The Kier molecular flexibility index (Phi) is 3.43.